The van der Waals surface area contributed by atoms with Crippen LogP contribution >= 0.6 is 0 Å². The van der Waals surface area contributed by atoms with E-state index in [0.29, 0.717) is 12.1 Å². The van der Waals surface area contributed by atoms with E-state index in [0.717, 1.165) is 5.56 Å². The Morgan fingerprint density at radius 1 is 1.04 bits per heavy atom. The minimum absolute atomic E-state index is 0.0137. The fourth-order valence-corrected chi connectivity index (χ4v) is 1.79. The second kappa shape index (κ2) is 7.79. The SMILES string of the molecule is CC(C)C(C)(O)CNC(=O)c1ccc(CNC(=O)C(C)(C)C)cc1. The molecule has 0 saturated carbocycles. The third-order valence-corrected chi connectivity index (χ3v) is 4.20. The van der Waals surface area contributed by atoms with Crippen LogP contribution in [-0.4, -0.2) is 29.1 Å². The van der Waals surface area contributed by atoms with E-state index < -0.39 is 11.0 Å². The number of hydrogen-bond donors (Lipinski definition) is 3. The molecule has 0 spiro atoms. The lowest BCUT2D eigenvalue weighted by Gasteiger charge is -2.27. The van der Waals surface area contributed by atoms with Crippen LogP contribution in [0.4, 0.5) is 0 Å². The van der Waals surface area contributed by atoms with E-state index in [1.165, 1.54) is 0 Å². The van der Waals surface area contributed by atoms with Crippen LogP contribution in [0.25, 0.3) is 0 Å². The summed E-state index contributed by atoms with van der Waals surface area (Å²) in [5.41, 5.74) is 0.0961. The highest BCUT2D eigenvalue weighted by atomic mass is 16.3. The molecule has 1 atom stereocenters. The molecule has 0 aromatic heterocycles. The van der Waals surface area contributed by atoms with E-state index in [9.17, 15) is 14.7 Å². The zero-order valence-electron chi connectivity index (χ0n) is 15.6. The number of amides is 2. The maximum absolute atomic E-state index is 12.1. The lowest BCUT2D eigenvalue weighted by atomic mass is 9.92. The molecule has 0 fully saturated rings. The van der Waals surface area contributed by atoms with Crippen molar-refractivity contribution in [3.63, 3.8) is 0 Å². The van der Waals surface area contributed by atoms with Crippen molar-refractivity contribution in [2.75, 3.05) is 6.54 Å². The van der Waals surface area contributed by atoms with Crippen molar-refractivity contribution < 1.29 is 14.7 Å². The number of rotatable bonds is 6. The van der Waals surface area contributed by atoms with E-state index in [-0.39, 0.29) is 24.3 Å². The first-order chi connectivity index (χ1) is 10.9. The zero-order chi connectivity index (χ0) is 18.5. The molecule has 0 aliphatic rings. The Hall–Kier alpha value is -1.88. The largest absolute Gasteiger partial charge is 0.388 e. The van der Waals surface area contributed by atoms with Gasteiger partial charge in [0.25, 0.3) is 5.91 Å². The first-order valence-corrected chi connectivity index (χ1v) is 8.31. The molecule has 3 N–H and O–H groups in total. The van der Waals surface area contributed by atoms with Crippen LogP contribution in [0.3, 0.4) is 0 Å². The molecule has 5 heteroatoms. The Morgan fingerprint density at radius 2 is 1.58 bits per heavy atom. The minimum atomic E-state index is -0.938. The average Bonchev–Trinajstić information content (AvgIpc) is 2.49. The van der Waals surface area contributed by atoms with Crippen LogP contribution in [0.1, 0.15) is 57.5 Å². The smallest absolute Gasteiger partial charge is 0.251 e. The number of nitrogens with one attached hydrogen (secondary N) is 2. The Bertz CT molecular complexity index is 569. The molecule has 0 heterocycles. The highest BCUT2D eigenvalue weighted by Gasteiger charge is 2.25. The molecule has 134 valence electrons. The van der Waals surface area contributed by atoms with Crippen LogP contribution in [0.2, 0.25) is 0 Å². The standard InChI is InChI=1S/C19H30N2O3/c1-13(2)19(6,24)12-21-16(22)15-9-7-14(8-10-15)11-20-17(23)18(3,4)5/h7-10,13,24H,11-12H2,1-6H3,(H,20,23)(H,21,22). The number of carbonyl (C=O) groups is 2. The lowest BCUT2D eigenvalue weighted by Crippen LogP contribution is -2.44. The summed E-state index contributed by atoms with van der Waals surface area (Å²) < 4.78 is 0. The van der Waals surface area contributed by atoms with Crippen molar-refractivity contribution in [1.29, 1.82) is 0 Å². The second-order valence-corrected chi connectivity index (χ2v) is 7.82. The molecule has 0 aliphatic heterocycles. The molecule has 0 aliphatic carbocycles. The molecular weight excluding hydrogens is 304 g/mol. The second-order valence-electron chi connectivity index (χ2n) is 7.82. The average molecular weight is 334 g/mol. The Balaban J connectivity index is 2.58. The number of hydrogen-bond acceptors (Lipinski definition) is 3. The van der Waals surface area contributed by atoms with Gasteiger partial charge in [-0.25, -0.2) is 0 Å². The third kappa shape index (κ3) is 5.96. The van der Waals surface area contributed by atoms with Gasteiger partial charge in [0, 0.05) is 24.1 Å². The third-order valence-electron chi connectivity index (χ3n) is 4.20. The molecule has 5 nitrogen and oxygen atoms in total. The maximum atomic E-state index is 12.1. The van der Waals surface area contributed by atoms with E-state index in [4.69, 9.17) is 0 Å². The quantitative estimate of drug-likeness (QED) is 0.748. The predicted octanol–water partition coefficient (Wildman–Crippen LogP) is 2.49. The zero-order valence-corrected chi connectivity index (χ0v) is 15.6. The summed E-state index contributed by atoms with van der Waals surface area (Å²) in [6.07, 6.45) is 0. The molecule has 1 aromatic rings. The molecule has 0 radical (unpaired) electrons. The molecule has 0 saturated heterocycles. The summed E-state index contributed by atoms with van der Waals surface area (Å²) in [7, 11) is 0. The number of carbonyl (C=O) groups excluding carboxylic acids is 2. The molecule has 0 bridgehead atoms. The molecular formula is C19H30N2O3. The highest BCUT2D eigenvalue weighted by Crippen LogP contribution is 2.15. The summed E-state index contributed by atoms with van der Waals surface area (Å²) >= 11 is 0. The monoisotopic (exact) mass is 334 g/mol. The normalized spacial score (nSPS) is 14.2. The van der Waals surface area contributed by atoms with Crippen molar-refractivity contribution in [3.8, 4) is 0 Å². The van der Waals surface area contributed by atoms with E-state index in [1.54, 1.807) is 19.1 Å². The molecule has 2 amide bonds. The van der Waals surface area contributed by atoms with Gasteiger partial charge in [-0.05, 0) is 30.5 Å². The van der Waals surface area contributed by atoms with Gasteiger partial charge in [-0.15, -0.1) is 0 Å². The maximum Gasteiger partial charge on any atom is 0.251 e. The Labute approximate surface area is 144 Å². The van der Waals surface area contributed by atoms with Crippen LogP contribution in [-0.2, 0) is 11.3 Å². The lowest BCUT2D eigenvalue weighted by molar-refractivity contribution is -0.128. The fourth-order valence-electron chi connectivity index (χ4n) is 1.79. The molecule has 24 heavy (non-hydrogen) atoms. The van der Waals surface area contributed by atoms with Crippen LogP contribution in [0, 0.1) is 11.3 Å². The van der Waals surface area contributed by atoms with Crippen molar-refractivity contribution in [3.05, 3.63) is 35.4 Å². The van der Waals surface area contributed by atoms with E-state index >= 15 is 0 Å². The Kier molecular flexibility index (Phi) is 6.55. The minimum Gasteiger partial charge on any atom is -0.388 e. The summed E-state index contributed by atoms with van der Waals surface area (Å²) in [4.78, 5) is 24.0. The summed E-state index contributed by atoms with van der Waals surface area (Å²) in [6.45, 7) is 11.7. The Morgan fingerprint density at radius 3 is 2.04 bits per heavy atom. The van der Waals surface area contributed by atoms with Gasteiger partial charge < -0.3 is 15.7 Å². The summed E-state index contributed by atoms with van der Waals surface area (Å²) in [5, 5.41) is 15.8. The molecule has 1 unspecified atom stereocenters. The van der Waals surface area contributed by atoms with Gasteiger partial charge >= 0.3 is 0 Å². The highest BCUT2D eigenvalue weighted by molar-refractivity contribution is 5.94. The summed E-state index contributed by atoms with van der Waals surface area (Å²) in [6, 6.07) is 7.08. The van der Waals surface area contributed by atoms with E-state index in [2.05, 4.69) is 10.6 Å². The van der Waals surface area contributed by atoms with Gasteiger partial charge in [-0.3, -0.25) is 9.59 Å². The topological polar surface area (TPSA) is 78.4 Å². The van der Waals surface area contributed by atoms with Crippen LogP contribution in [0.5, 0.6) is 0 Å². The fraction of sp³-hybridized carbons (Fsp3) is 0.579. The van der Waals surface area contributed by atoms with Gasteiger partial charge in [-0.1, -0.05) is 46.8 Å². The van der Waals surface area contributed by atoms with Gasteiger partial charge in [0.15, 0.2) is 0 Å². The number of benzene rings is 1. The van der Waals surface area contributed by atoms with Gasteiger partial charge in [-0.2, -0.15) is 0 Å². The van der Waals surface area contributed by atoms with Crippen molar-refractivity contribution in [1.82, 2.24) is 10.6 Å². The van der Waals surface area contributed by atoms with Crippen LogP contribution in [0.15, 0.2) is 24.3 Å². The van der Waals surface area contributed by atoms with Gasteiger partial charge in [0.1, 0.15) is 0 Å². The van der Waals surface area contributed by atoms with Crippen molar-refractivity contribution >= 4 is 11.8 Å². The first-order valence-electron chi connectivity index (χ1n) is 8.31. The van der Waals surface area contributed by atoms with Gasteiger partial charge in [0.2, 0.25) is 5.91 Å². The molecule has 1 rings (SSSR count). The van der Waals surface area contributed by atoms with Gasteiger partial charge in [0.05, 0.1) is 5.60 Å². The van der Waals surface area contributed by atoms with Crippen molar-refractivity contribution in [2.45, 2.75) is 53.7 Å². The molecule has 1 aromatic carbocycles. The van der Waals surface area contributed by atoms with Crippen LogP contribution < -0.4 is 10.6 Å². The summed E-state index contributed by atoms with van der Waals surface area (Å²) in [5.74, 6) is -0.187. The van der Waals surface area contributed by atoms with Crippen molar-refractivity contribution in [2.24, 2.45) is 11.3 Å². The first kappa shape index (κ1) is 20.2. The number of aliphatic hydroxyl groups is 1. The van der Waals surface area contributed by atoms with E-state index in [1.807, 2.05) is 46.8 Å². The predicted molar refractivity (Wildman–Crippen MR) is 95.5 cm³/mol.